The molecule has 0 atom stereocenters. The molecular formula is C16H23ClN4O2. The van der Waals surface area contributed by atoms with Crippen molar-refractivity contribution in [3.05, 3.63) is 40.4 Å². The minimum atomic E-state index is -0.442. The Bertz CT molecular complexity index is 718. The summed E-state index contributed by atoms with van der Waals surface area (Å²) in [5, 5.41) is 9.84. The Morgan fingerprint density at radius 1 is 1.35 bits per heavy atom. The highest BCUT2D eigenvalue weighted by molar-refractivity contribution is 6.31. The molecule has 2 rings (SSSR count). The Balaban J connectivity index is 0.000000238. The second-order valence-electron chi connectivity index (χ2n) is 6.25. The van der Waals surface area contributed by atoms with Crippen molar-refractivity contribution in [1.29, 1.82) is 0 Å². The lowest BCUT2D eigenvalue weighted by Crippen LogP contribution is -2.15. The Morgan fingerprint density at radius 3 is 2.26 bits per heavy atom. The number of primary amides is 1. The highest BCUT2D eigenvalue weighted by Crippen LogP contribution is 2.35. The molecule has 7 heteroatoms. The molecule has 1 aromatic carbocycles. The van der Waals surface area contributed by atoms with Gasteiger partial charge >= 0.3 is 0 Å². The second kappa shape index (κ2) is 6.91. The molecule has 0 bridgehead atoms. The first-order chi connectivity index (χ1) is 10.4. The number of anilines is 1. The van der Waals surface area contributed by atoms with Crippen molar-refractivity contribution in [3.8, 4) is 5.75 Å². The third kappa shape index (κ3) is 4.63. The predicted molar refractivity (Wildman–Crippen MR) is 92.7 cm³/mol. The molecule has 1 amide bonds. The lowest BCUT2D eigenvalue weighted by atomic mass is 9.86. The zero-order valence-corrected chi connectivity index (χ0v) is 14.8. The maximum Gasteiger partial charge on any atom is 0.266 e. The number of hydrogen-bond donors (Lipinski definition) is 3. The van der Waals surface area contributed by atoms with E-state index in [1.165, 1.54) is 12.3 Å². The Morgan fingerprint density at radius 2 is 1.91 bits per heavy atom. The Kier molecular flexibility index (Phi) is 5.66. The Labute approximate surface area is 141 Å². The van der Waals surface area contributed by atoms with Crippen LogP contribution in [-0.2, 0) is 12.5 Å². The van der Waals surface area contributed by atoms with E-state index in [2.05, 4.69) is 4.98 Å². The van der Waals surface area contributed by atoms with Gasteiger partial charge < -0.3 is 21.1 Å². The number of nitrogens with two attached hydrogens (primary N) is 2. The van der Waals surface area contributed by atoms with Crippen molar-refractivity contribution >= 4 is 23.2 Å². The number of imidazole rings is 1. The summed E-state index contributed by atoms with van der Waals surface area (Å²) in [5.74, 6) is 0.384. The van der Waals surface area contributed by atoms with E-state index in [4.69, 9.17) is 23.1 Å². The van der Waals surface area contributed by atoms with Crippen LogP contribution >= 0.6 is 11.6 Å². The smallest absolute Gasteiger partial charge is 0.266 e. The van der Waals surface area contributed by atoms with Crippen LogP contribution in [-0.4, -0.2) is 20.6 Å². The van der Waals surface area contributed by atoms with E-state index in [1.54, 1.807) is 17.7 Å². The molecule has 23 heavy (non-hydrogen) atoms. The van der Waals surface area contributed by atoms with E-state index in [9.17, 15) is 9.90 Å². The number of aromatic hydroxyl groups is 1. The van der Waals surface area contributed by atoms with E-state index < -0.39 is 5.91 Å². The third-order valence-corrected chi connectivity index (χ3v) is 3.71. The lowest BCUT2D eigenvalue weighted by molar-refractivity contribution is 0.0992. The summed E-state index contributed by atoms with van der Waals surface area (Å²) in [6.45, 7) is 7.95. The summed E-state index contributed by atoms with van der Waals surface area (Å²) < 4.78 is 1.66. The molecule has 0 unspecified atom stereocenters. The fourth-order valence-corrected chi connectivity index (χ4v) is 2.33. The summed E-state index contributed by atoms with van der Waals surface area (Å²) >= 11 is 5.97. The van der Waals surface area contributed by atoms with Crippen molar-refractivity contribution in [3.63, 3.8) is 0 Å². The fourth-order valence-electron chi connectivity index (χ4n) is 1.89. The number of phenolic OH excluding ortho intramolecular Hbond substituents is 1. The van der Waals surface area contributed by atoms with Gasteiger partial charge in [0.2, 0.25) is 0 Å². The van der Waals surface area contributed by atoms with E-state index in [-0.39, 0.29) is 11.2 Å². The number of benzene rings is 1. The number of amides is 1. The molecule has 2 aromatic rings. The standard InChI is InChI=1S/C10H14ClNO.C6H9N3O/c1-10(2,3)6-4-8(12)9(13)5-7(6)11;1-4-8-3-5(6(7)10)9(4)2/h4-5,13H,12H2,1-3H3;3H,1-2H3,(H2,7,10). The minimum absolute atomic E-state index is 0.0398. The molecule has 0 fully saturated rings. The molecule has 0 spiro atoms. The van der Waals surface area contributed by atoms with Gasteiger partial charge in [0, 0.05) is 18.1 Å². The maximum atomic E-state index is 10.6. The van der Waals surface area contributed by atoms with Gasteiger partial charge in [-0.25, -0.2) is 4.98 Å². The summed E-state index contributed by atoms with van der Waals surface area (Å²) in [4.78, 5) is 14.5. The highest BCUT2D eigenvalue weighted by Gasteiger charge is 2.18. The summed E-state index contributed by atoms with van der Waals surface area (Å²) in [6, 6.07) is 3.20. The maximum absolute atomic E-state index is 10.6. The van der Waals surface area contributed by atoms with Crippen LogP contribution in [0.15, 0.2) is 18.3 Å². The van der Waals surface area contributed by atoms with E-state index in [1.807, 2.05) is 27.7 Å². The van der Waals surface area contributed by atoms with Crippen molar-refractivity contribution < 1.29 is 9.90 Å². The zero-order valence-electron chi connectivity index (χ0n) is 14.0. The van der Waals surface area contributed by atoms with Gasteiger partial charge in [-0.1, -0.05) is 32.4 Å². The van der Waals surface area contributed by atoms with Crippen LogP contribution in [0.2, 0.25) is 5.02 Å². The number of carbonyl (C=O) groups excluding carboxylic acids is 1. The monoisotopic (exact) mass is 338 g/mol. The molecular weight excluding hydrogens is 316 g/mol. The first-order valence-corrected chi connectivity index (χ1v) is 7.39. The van der Waals surface area contributed by atoms with E-state index >= 15 is 0 Å². The lowest BCUT2D eigenvalue weighted by Gasteiger charge is -2.21. The zero-order chi connectivity index (χ0) is 17.9. The molecule has 1 aromatic heterocycles. The quantitative estimate of drug-likeness (QED) is 0.548. The molecule has 0 saturated heterocycles. The van der Waals surface area contributed by atoms with Crippen LogP contribution in [0.5, 0.6) is 5.75 Å². The highest BCUT2D eigenvalue weighted by atomic mass is 35.5. The van der Waals surface area contributed by atoms with Crippen molar-refractivity contribution in [1.82, 2.24) is 9.55 Å². The normalized spacial score (nSPS) is 10.9. The molecule has 0 aliphatic heterocycles. The van der Waals surface area contributed by atoms with Crippen LogP contribution in [0.4, 0.5) is 5.69 Å². The van der Waals surface area contributed by atoms with Gasteiger partial charge in [0.05, 0.1) is 11.9 Å². The third-order valence-electron chi connectivity index (χ3n) is 3.40. The molecule has 5 N–H and O–H groups in total. The van der Waals surface area contributed by atoms with Crippen molar-refractivity contribution in [2.45, 2.75) is 33.1 Å². The van der Waals surface area contributed by atoms with Crippen LogP contribution in [0, 0.1) is 6.92 Å². The van der Waals surface area contributed by atoms with E-state index in [0.717, 1.165) is 11.4 Å². The van der Waals surface area contributed by atoms with Crippen molar-refractivity contribution in [2.24, 2.45) is 12.8 Å². The van der Waals surface area contributed by atoms with E-state index in [0.29, 0.717) is 16.4 Å². The number of nitrogens with zero attached hydrogens (tertiary/aromatic N) is 2. The van der Waals surface area contributed by atoms with Gasteiger partial charge in [-0.05, 0) is 24.0 Å². The SMILES string of the molecule is CC(C)(C)c1cc(N)c(O)cc1Cl.Cc1ncc(C(N)=O)n1C. The summed E-state index contributed by atoms with van der Waals surface area (Å²) in [7, 11) is 1.75. The fraction of sp³-hybridized carbons (Fsp3) is 0.375. The molecule has 0 aliphatic carbocycles. The predicted octanol–water partition coefficient (Wildman–Crippen LogP) is 2.75. The number of phenols is 1. The average Bonchev–Trinajstić information content (AvgIpc) is 2.74. The largest absolute Gasteiger partial charge is 0.506 e. The van der Waals surface area contributed by atoms with Gasteiger partial charge in [-0.15, -0.1) is 0 Å². The topological polar surface area (TPSA) is 107 Å². The van der Waals surface area contributed by atoms with Crippen molar-refractivity contribution in [2.75, 3.05) is 5.73 Å². The number of aryl methyl sites for hydroxylation is 1. The van der Waals surface area contributed by atoms with Crippen LogP contribution in [0.3, 0.4) is 0 Å². The second-order valence-corrected chi connectivity index (χ2v) is 6.66. The number of rotatable bonds is 1. The van der Waals surface area contributed by atoms with Gasteiger partial charge in [-0.3, -0.25) is 4.79 Å². The molecule has 126 valence electrons. The minimum Gasteiger partial charge on any atom is -0.506 e. The first kappa shape index (κ1) is 18.8. The van der Waals surface area contributed by atoms with Gasteiger partial charge in [-0.2, -0.15) is 0 Å². The van der Waals surface area contributed by atoms with Crippen LogP contribution < -0.4 is 11.5 Å². The number of aromatic nitrogens is 2. The average molecular weight is 339 g/mol. The first-order valence-electron chi connectivity index (χ1n) is 7.01. The number of hydrogen-bond acceptors (Lipinski definition) is 4. The number of halogens is 1. The molecule has 0 aliphatic rings. The molecule has 0 radical (unpaired) electrons. The van der Waals surface area contributed by atoms with Gasteiger partial charge in [0.1, 0.15) is 17.3 Å². The summed E-state index contributed by atoms with van der Waals surface area (Å²) in [5.41, 5.74) is 12.3. The Hall–Kier alpha value is -2.21. The van der Waals surface area contributed by atoms with Gasteiger partial charge in [0.15, 0.2) is 0 Å². The number of carbonyl (C=O) groups is 1. The summed E-state index contributed by atoms with van der Waals surface area (Å²) in [6.07, 6.45) is 1.47. The number of nitrogen functional groups attached to an aromatic ring is 1. The van der Waals surface area contributed by atoms with Crippen LogP contribution in [0.25, 0.3) is 0 Å². The molecule has 1 heterocycles. The molecule has 0 saturated carbocycles. The molecule has 6 nitrogen and oxygen atoms in total. The van der Waals surface area contributed by atoms with Gasteiger partial charge in [0.25, 0.3) is 5.91 Å². The van der Waals surface area contributed by atoms with Crippen LogP contribution in [0.1, 0.15) is 42.6 Å².